The number of carbonyl (C=O) groups is 4. The number of esters is 2. The highest BCUT2D eigenvalue weighted by Gasteiger charge is 2.73. The molecule has 0 bridgehead atoms. The first-order valence-electron chi connectivity index (χ1n) is 11.5. The van der Waals surface area contributed by atoms with E-state index in [0.29, 0.717) is 44.5 Å². The van der Waals surface area contributed by atoms with Crippen LogP contribution in [0.2, 0.25) is 0 Å². The van der Waals surface area contributed by atoms with Crippen molar-refractivity contribution < 1.29 is 28.7 Å². The number of rotatable bonds is 1. The third-order valence-electron chi connectivity index (χ3n) is 7.85. The van der Waals surface area contributed by atoms with Gasteiger partial charge in [0.15, 0.2) is 11.6 Å². The van der Waals surface area contributed by atoms with Crippen LogP contribution in [0.5, 0.6) is 0 Å². The Morgan fingerprint density at radius 3 is 1.22 bits per heavy atom. The molecular formula is C30H14O6. The standard InChI is InChI=1S/C30H14O6/c31-25-15-7-1-3-13-21(15)29(23-17(25)9-5-11-19(23)27(33)35-29)30-22-14-4-2-8-16(22)26(32)18-10-6-12-20(24(18)30)28(34)36-30/h1-14H. The molecule has 2 aliphatic carbocycles. The molecule has 2 heterocycles. The van der Waals surface area contributed by atoms with Crippen LogP contribution < -0.4 is 0 Å². The van der Waals surface area contributed by atoms with Crippen molar-refractivity contribution in [3.8, 4) is 0 Å². The van der Waals surface area contributed by atoms with E-state index in [0.717, 1.165) is 0 Å². The molecule has 0 saturated carbocycles. The highest BCUT2D eigenvalue weighted by molar-refractivity contribution is 6.19. The SMILES string of the molecule is O=C1OC2(C34OC(=O)c5cccc(c53)C(=O)c3ccccc34)c3ccccc3C(=O)c3cccc1c32. The molecule has 4 aromatic rings. The smallest absolute Gasteiger partial charge is 0.340 e. The Labute approximate surface area is 204 Å². The van der Waals surface area contributed by atoms with Crippen molar-refractivity contribution >= 4 is 23.5 Å². The number of hydrogen-bond donors (Lipinski definition) is 0. The van der Waals surface area contributed by atoms with Gasteiger partial charge in [0, 0.05) is 44.5 Å². The lowest BCUT2D eigenvalue weighted by atomic mass is 9.58. The van der Waals surface area contributed by atoms with Crippen LogP contribution in [-0.2, 0) is 20.7 Å². The molecular weight excluding hydrogens is 456 g/mol. The summed E-state index contributed by atoms with van der Waals surface area (Å²) in [6.07, 6.45) is 0. The average Bonchev–Trinajstić information content (AvgIpc) is 3.40. The quantitative estimate of drug-likeness (QED) is 0.386. The Bertz CT molecular complexity index is 1650. The molecule has 6 nitrogen and oxygen atoms in total. The molecule has 8 rings (SSSR count). The first-order valence-corrected chi connectivity index (χ1v) is 11.5. The molecule has 0 aromatic heterocycles. The second kappa shape index (κ2) is 6.04. The average molecular weight is 470 g/mol. The largest absolute Gasteiger partial charge is 0.440 e. The molecule has 0 N–H and O–H groups in total. The van der Waals surface area contributed by atoms with Gasteiger partial charge < -0.3 is 9.47 Å². The molecule has 2 atom stereocenters. The van der Waals surface area contributed by atoms with Gasteiger partial charge in [-0.3, -0.25) is 9.59 Å². The van der Waals surface area contributed by atoms with Crippen molar-refractivity contribution in [3.63, 3.8) is 0 Å². The zero-order valence-electron chi connectivity index (χ0n) is 18.5. The van der Waals surface area contributed by atoms with E-state index in [1.54, 1.807) is 84.9 Å². The fourth-order valence-electron chi connectivity index (χ4n) is 6.59. The van der Waals surface area contributed by atoms with Crippen LogP contribution in [0.15, 0.2) is 84.9 Å². The van der Waals surface area contributed by atoms with Gasteiger partial charge in [0.25, 0.3) is 0 Å². The van der Waals surface area contributed by atoms with Crippen LogP contribution in [0.25, 0.3) is 0 Å². The summed E-state index contributed by atoms with van der Waals surface area (Å²) in [7, 11) is 0. The zero-order valence-corrected chi connectivity index (χ0v) is 18.5. The van der Waals surface area contributed by atoms with Crippen molar-refractivity contribution in [2.75, 3.05) is 0 Å². The van der Waals surface area contributed by atoms with E-state index in [1.165, 1.54) is 0 Å². The van der Waals surface area contributed by atoms with Crippen LogP contribution in [0.4, 0.5) is 0 Å². The first kappa shape index (κ1) is 19.5. The molecule has 4 aliphatic rings. The maximum atomic E-state index is 13.6. The maximum Gasteiger partial charge on any atom is 0.340 e. The second-order valence-electron chi connectivity index (χ2n) is 9.35. The Balaban J connectivity index is 1.65. The molecule has 4 aromatic carbocycles. The number of ether oxygens (including phenoxy) is 2. The number of fused-ring (bicyclic) bond motifs is 5. The Kier molecular flexibility index (Phi) is 3.27. The van der Waals surface area contributed by atoms with Crippen LogP contribution in [0.1, 0.15) is 74.8 Å². The van der Waals surface area contributed by atoms with Crippen LogP contribution in [-0.4, -0.2) is 23.5 Å². The minimum atomic E-state index is -1.71. The summed E-state index contributed by atoms with van der Waals surface area (Å²) < 4.78 is 12.7. The lowest BCUT2D eigenvalue weighted by Crippen LogP contribution is -2.56. The fraction of sp³-hybridized carbons (Fsp3) is 0.0667. The van der Waals surface area contributed by atoms with Crippen molar-refractivity contribution in [3.05, 3.63) is 141 Å². The monoisotopic (exact) mass is 470 g/mol. The van der Waals surface area contributed by atoms with E-state index in [1.807, 2.05) is 0 Å². The number of carbonyl (C=O) groups excluding carboxylic acids is 4. The highest BCUT2D eigenvalue weighted by Crippen LogP contribution is 2.65. The van der Waals surface area contributed by atoms with Crippen molar-refractivity contribution in [1.82, 2.24) is 0 Å². The van der Waals surface area contributed by atoms with Crippen molar-refractivity contribution in [1.29, 1.82) is 0 Å². The van der Waals surface area contributed by atoms with Gasteiger partial charge in [0.1, 0.15) is 0 Å². The molecule has 170 valence electrons. The Hall–Kier alpha value is -4.84. The number of ketones is 2. The van der Waals surface area contributed by atoms with Crippen LogP contribution >= 0.6 is 0 Å². The zero-order chi connectivity index (χ0) is 24.4. The molecule has 36 heavy (non-hydrogen) atoms. The van der Waals surface area contributed by atoms with E-state index in [9.17, 15) is 19.2 Å². The summed E-state index contributed by atoms with van der Waals surface area (Å²) in [6, 6.07) is 23.7. The van der Waals surface area contributed by atoms with Crippen LogP contribution in [0, 0.1) is 0 Å². The minimum absolute atomic E-state index is 0.237. The predicted octanol–water partition coefficient (Wildman–Crippen LogP) is 4.30. The molecule has 2 aliphatic heterocycles. The number of hydrogen-bond acceptors (Lipinski definition) is 6. The second-order valence-corrected chi connectivity index (χ2v) is 9.35. The predicted molar refractivity (Wildman–Crippen MR) is 125 cm³/mol. The van der Waals surface area contributed by atoms with E-state index < -0.39 is 23.1 Å². The van der Waals surface area contributed by atoms with Gasteiger partial charge in [-0.05, 0) is 12.1 Å². The van der Waals surface area contributed by atoms with Gasteiger partial charge in [-0.2, -0.15) is 0 Å². The Morgan fingerprint density at radius 2 is 0.778 bits per heavy atom. The Morgan fingerprint density at radius 1 is 0.417 bits per heavy atom. The molecule has 0 fully saturated rings. The van der Waals surface area contributed by atoms with Gasteiger partial charge in [0.2, 0.25) is 11.2 Å². The lowest BCUT2D eigenvalue weighted by molar-refractivity contribution is -0.114. The highest BCUT2D eigenvalue weighted by atomic mass is 16.6. The third kappa shape index (κ3) is 1.84. The van der Waals surface area contributed by atoms with Gasteiger partial charge >= 0.3 is 11.9 Å². The molecule has 2 unspecified atom stereocenters. The summed E-state index contributed by atoms with van der Waals surface area (Å²) >= 11 is 0. The summed E-state index contributed by atoms with van der Waals surface area (Å²) in [4.78, 5) is 54.3. The van der Waals surface area contributed by atoms with E-state index in [2.05, 4.69) is 0 Å². The maximum absolute atomic E-state index is 13.6. The normalized spacial score (nSPS) is 23.9. The summed E-state index contributed by atoms with van der Waals surface area (Å²) in [5.74, 6) is -1.74. The molecule has 6 heteroatoms. The molecule has 0 amide bonds. The van der Waals surface area contributed by atoms with E-state index >= 15 is 0 Å². The van der Waals surface area contributed by atoms with Gasteiger partial charge in [-0.1, -0.05) is 72.8 Å². The van der Waals surface area contributed by atoms with E-state index in [4.69, 9.17) is 9.47 Å². The minimum Gasteiger partial charge on any atom is -0.440 e. The lowest BCUT2D eigenvalue weighted by Gasteiger charge is -2.49. The van der Waals surface area contributed by atoms with E-state index in [-0.39, 0.29) is 22.7 Å². The molecule has 0 radical (unpaired) electrons. The van der Waals surface area contributed by atoms with Crippen molar-refractivity contribution in [2.45, 2.75) is 11.2 Å². The van der Waals surface area contributed by atoms with Crippen LogP contribution in [0.3, 0.4) is 0 Å². The van der Waals surface area contributed by atoms with Crippen molar-refractivity contribution in [2.24, 2.45) is 0 Å². The summed E-state index contributed by atoms with van der Waals surface area (Å²) in [6.45, 7) is 0. The van der Waals surface area contributed by atoms with Gasteiger partial charge in [0.05, 0.1) is 11.1 Å². The van der Waals surface area contributed by atoms with Gasteiger partial charge in [-0.25, -0.2) is 9.59 Å². The summed E-state index contributed by atoms with van der Waals surface area (Å²) in [5.41, 5.74) is -0.0850. The molecule has 0 saturated heterocycles. The van der Waals surface area contributed by atoms with Gasteiger partial charge in [-0.15, -0.1) is 0 Å². The third-order valence-corrected chi connectivity index (χ3v) is 7.85. The molecule has 0 spiro atoms. The fourth-order valence-corrected chi connectivity index (χ4v) is 6.59. The number of benzene rings is 4. The topological polar surface area (TPSA) is 86.7 Å². The first-order chi connectivity index (χ1) is 17.5. The summed E-state index contributed by atoms with van der Waals surface area (Å²) in [5, 5.41) is 0.